The van der Waals surface area contributed by atoms with E-state index in [4.69, 9.17) is 4.74 Å². The Morgan fingerprint density at radius 2 is 1.85 bits per heavy atom. The Bertz CT molecular complexity index is 1240. The molecular weight excluding hydrogens is 462 g/mol. The maximum absolute atomic E-state index is 12.8. The Morgan fingerprint density at radius 3 is 2.58 bits per heavy atom. The van der Waals surface area contributed by atoms with Crippen molar-refractivity contribution in [1.82, 2.24) is 19.1 Å². The number of hydrogen-bond donors (Lipinski definition) is 1. The number of thioether (sulfide) groups is 1. The fourth-order valence-electron chi connectivity index (χ4n) is 3.39. The number of morpholine rings is 1. The molecule has 0 spiro atoms. The van der Waals surface area contributed by atoms with Crippen molar-refractivity contribution in [3.8, 4) is 11.4 Å². The zero-order valence-electron chi connectivity index (χ0n) is 18.4. The van der Waals surface area contributed by atoms with Crippen LogP contribution < -0.4 is 5.32 Å². The Kier molecular flexibility index (Phi) is 7.13. The van der Waals surface area contributed by atoms with Crippen LogP contribution in [0.25, 0.3) is 11.4 Å². The van der Waals surface area contributed by atoms with Gasteiger partial charge in [0.25, 0.3) is 0 Å². The first-order valence-corrected chi connectivity index (χ1v) is 12.8. The summed E-state index contributed by atoms with van der Waals surface area (Å²) >= 11 is 1.26. The molecule has 1 amide bonds. The lowest BCUT2D eigenvalue weighted by Crippen LogP contribution is -2.40. The van der Waals surface area contributed by atoms with E-state index in [9.17, 15) is 13.2 Å². The molecule has 0 aliphatic carbocycles. The summed E-state index contributed by atoms with van der Waals surface area (Å²) in [5.74, 6) is 0.570. The lowest BCUT2D eigenvalue weighted by molar-refractivity contribution is -0.113. The molecule has 3 aromatic rings. The average molecular weight is 488 g/mol. The number of rotatable bonds is 7. The minimum Gasteiger partial charge on any atom is -0.379 e. The van der Waals surface area contributed by atoms with Gasteiger partial charge in [0.2, 0.25) is 15.9 Å². The number of carbonyl (C=O) groups is 1. The molecule has 174 valence electrons. The van der Waals surface area contributed by atoms with Crippen LogP contribution in [0.4, 0.5) is 5.69 Å². The van der Waals surface area contributed by atoms with Gasteiger partial charge in [0, 0.05) is 31.4 Å². The van der Waals surface area contributed by atoms with Gasteiger partial charge >= 0.3 is 0 Å². The number of aromatic nitrogens is 3. The van der Waals surface area contributed by atoms with Crippen LogP contribution in [0.5, 0.6) is 0 Å². The van der Waals surface area contributed by atoms with Crippen LogP contribution in [-0.4, -0.2) is 65.5 Å². The van der Waals surface area contributed by atoms with E-state index in [1.54, 1.807) is 12.1 Å². The van der Waals surface area contributed by atoms with Crippen molar-refractivity contribution < 1.29 is 17.9 Å². The van der Waals surface area contributed by atoms with Gasteiger partial charge in [0.1, 0.15) is 0 Å². The largest absolute Gasteiger partial charge is 0.379 e. The number of aryl methyl sites for hydroxylation is 1. The first-order valence-electron chi connectivity index (χ1n) is 10.4. The second kappa shape index (κ2) is 10.0. The van der Waals surface area contributed by atoms with Crippen LogP contribution in [0.15, 0.2) is 58.6 Å². The predicted molar refractivity (Wildman–Crippen MR) is 127 cm³/mol. The molecule has 0 radical (unpaired) electrons. The molecule has 0 saturated carbocycles. The molecule has 1 aliphatic heterocycles. The normalized spacial score (nSPS) is 14.8. The number of hydrogen-bond acceptors (Lipinski definition) is 7. The first kappa shape index (κ1) is 23.4. The summed E-state index contributed by atoms with van der Waals surface area (Å²) in [7, 11) is -1.78. The standard InChI is InChI=1S/C22H25N5O4S2/c1-16-6-8-17(9-7-16)21-24-25-22(26(21)2)32-15-20(28)23-18-4-3-5-19(14-18)33(29,30)27-10-12-31-13-11-27/h3-9,14H,10-13,15H2,1-2H3,(H,23,28). The second-order valence-corrected chi connectivity index (χ2v) is 10.5. The number of benzene rings is 2. The van der Waals surface area contributed by atoms with Crippen molar-refractivity contribution in [2.24, 2.45) is 7.05 Å². The third-order valence-corrected chi connectivity index (χ3v) is 8.12. The topological polar surface area (TPSA) is 106 Å². The number of sulfonamides is 1. The molecule has 1 fully saturated rings. The summed E-state index contributed by atoms with van der Waals surface area (Å²) in [4.78, 5) is 12.7. The molecule has 1 aliphatic rings. The third-order valence-electron chi connectivity index (χ3n) is 5.20. The van der Waals surface area contributed by atoms with Crippen LogP contribution in [0.3, 0.4) is 0 Å². The van der Waals surface area contributed by atoms with Crippen molar-refractivity contribution in [3.63, 3.8) is 0 Å². The number of anilines is 1. The fourth-order valence-corrected chi connectivity index (χ4v) is 5.56. The van der Waals surface area contributed by atoms with Crippen molar-refractivity contribution in [2.45, 2.75) is 17.0 Å². The van der Waals surface area contributed by atoms with Crippen LogP contribution in [0, 0.1) is 6.92 Å². The van der Waals surface area contributed by atoms with Crippen molar-refractivity contribution in [2.75, 3.05) is 37.4 Å². The SMILES string of the molecule is Cc1ccc(-c2nnc(SCC(=O)Nc3cccc(S(=O)(=O)N4CCOCC4)c3)n2C)cc1. The van der Waals surface area contributed by atoms with E-state index < -0.39 is 10.0 Å². The Hall–Kier alpha value is -2.73. The summed E-state index contributed by atoms with van der Waals surface area (Å²) in [6, 6.07) is 14.3. The molecule has 1 aromatic heterocycles. The van der Waals surface area contributed by atoms with E-state index >= 15 is 0 Å². The number of amides is 1. The van der Waals surface area contributed by atoms with Crippen LogP contribution in [0.1, 0.15) is 5.56 Å². The van der Waals surface area contributed by atoms with E-state index in [0.29, 0.717) is 37.1 Å². The van der Waals surface area contributed by atoms with Gasteiger partial charge < -0.3 is 14.6 Å². The summed E-state index contributed by atoms with van der Waals surface area (Å²) in [6.45, 7) is 3.41. The smallest absolute Gasteiger partial charge is 0.243 e. The third kappa shape index (κ3) is 5.44. The predicted octanol–water partition coefficient (Wildman–Crippen LogP) is 2.54. The fraction of sp³-hybridized carbons (Fsp3) is 0.318. The highest BCUT2D eigenvalue weighted by atomic mass is 32.2. The Labute approximate surface area is 197 Å². The summed E-state index contributed by atoms with van der Waals surface area (Å²) < 4.78 is 34.2. The van der Waals surface area contributed by atoms with E-state index in [-0.39, 0.29) is 16.6 Å². The Morgan fingerprint density at radius 1 is 1.12 bits per heavy atom. The Balaban J connectivity index is 1.39. The van der Waals surface area contributed by atoms with Crippen molar-refractivity contribution in [3.05, 3.63) is 54.1 Å². The molecule has 2 heterocycles. The molecule has 0 atom stereocenters. The van der Waals surface area contributed by atoms with Gasteiger partial charge in [0.15, 0.2) is 11.0 Å². The van der Waals surface area contributed by atoms with Gasteiger partial charge in [-0.05, 0) is 25.1 Å². The summed E-state index contributed by atoms with van der Waals surface area (Å²) in [6.07, 6.45) is 0. The van der Waals surface area contributed by atoms with E-state index in [0.717, 1.165) is 17.0 Å². The lowest BCUT2D eigenvalue weighted by atomic mass is 10.1. The first-order chi connectivity index (χ1) is 15.8. The maximum atomic E-state index is 12.8. The number of carbonyl (C=O) groups excluding carboxylic acids is 1. The molecule has 1 saturated heterocycles. The maximum Gasteiger partial charge on any atom is 0.243 e. The summed E-state index contributed by atoms with van der Waals surface area (Å²) in [5, 5.41) is 11.8. The summed E-state index contributed by atoms with van der Waals surface area (Å²) in [5.41, 5.74) is 2.53. The van der Waals surface area contributed by atoms with Gasteiger partial charge in [-0.25, -0.2) is 8.42 Å². The minimum atomic E-state index is -3.63. The van der Waals surface area contributed by atoms with E-state index in [2.05, 4.69) is 15.5 Å². The lowest BCUT2D eigenvalue weighted by Gasteiger charge is -2.26. The van der Waals surface area contributed by atoms with Crippen molar-refractivity contribution >= 4 is 33.4 Å². The molecule has 4 rings (SSSR count). The van der Waals surface area contributed by atoms with E-state index in [1.165, 1.54) is 28.2 Å². The van der Waals surface area contributed by atoms with Gasteiger partial charge in [-0.15, -0.1) is 10.2 Å². The van der Waals surface area contributed by atoms with Gasteiger partial charge in [-0.2, -0.15) is 4.31 Å². The molecule has 9 nitrogen and oxygen atoms in total. The van der Waals surface area contributed by atoms with Gasteiger partial charge in [0.05, 0.1) is 23.9 Å². The van der Waals surface area contributed by atoms with Crippen molar-refractivity contribution in [1.29, 1.82) is 0 Å². The number of nitrogens with zero attached hydrogens (tertiary/aromatic N) is 4. The molecular formula is C22H25N5O4S2. The minimum absolute atomic E-state index is 0.111. The molecule has 0 bridgehead atoms. The molecule has 0 unspecified atom stereocenters. The second-order valence-electron chi connectivity index (χ2n) is 7.61. The average Bonchev–Trinajstić information content (AvgIpc) is 3.19. The molecule has 11 heteroatoms. The molecule has 2 aromatic carbocycles. The quantitative estimate of drug-likeness (QED) is 0.511. The number of ether oxygens (including phenoxy) is 1. The van der Waals surface area contributed by atoms with Crippen LogP contribution in [0.2, 0.25) is 0 Å². The monoisotopic (exact) mass is 487 g/mol. The number of nitrogens with one attached hydrogen (secondary N) is 1. The zero-order valence-corrected chi connectivity index (χ0v) is 20.0. The highest BCUT2D eigenvalue weighted by Crippen LogP contribution is 2.24. The van der Waals surface area contributed by atoms with Crippen LogP contribution in [-0.2, 0) is 26.6 Å². The van der Waals surface area contributed by atoms with E-state index in [1.807, 2.05) is 42.8 Å². The zero-order chi connectivity index (χ0) is 23.4. The highest BCUT2D eigenvalue weighted by Gasteiger charge is 2.26. The highest BCUT2D eigenvalue weighted by molar-refractivity contribution is 7.99. The van der Waals surface area contributed by atoms with Gasteiger partial charge in [-0.1, -0.05) is 47.7 Å². The van der Waals surface area contributed by atoms with Crippen LogP contribution >= 0.6 is 11.8 Å². The molecule has 1 N–H and O–H groups in total. The van der Waals surface area contributed by atoms with Gasteiger partial charge in [-0.3, -0.25) is 4.79 Å². The molecule has 33 heavy (non-hydrogen) atoms.